The molecule has 2 aliphatic heterocycles. The van der Waals surface area contributed by atoms with Gasteiger partial charge in [-0.2, -0.15) is 0 Å². The Kier molecular flexibility index (Phi) is 6.84. The third-order valence-corrected chi connectivity index (χ3v) is 7.06. The van der Waals surface area contributed by atoms with Crippen LogP contribution in [-0.2, 0) is 14.6 Å². The van der Waals surface area contributed by atoms with E-state index in [2.05, 4.69) is 15.5 Å². The number of hydrogen-bond acceptors (Lipinski definition) is 5. The molecule has 2 unspecified atom stereocenters. The van der Waals surface area contributed by atoms with Gasteiger partial charge in [-0.1, -0.05) is 6.42 Å². The van der Waals surface area contributed by atoms with Crippen LogP contribution in [0.15, 0.2) is 18.2 Å². The zero-order valence-electron chi connectivity index (χ0n) is 16.0. The normalized spacial score (nSPS) is 24.2. The van der Waals surface area contributed by atoms with Gasteiger partial charge in [-0.05, 0) is 38.1 Å². The number of nitrogens with one attached hydrogen (secondary N) is 2. The molecule has 1 aromatic carbocycles. The molecule has 2 saturated heterocycles. The van der Waals surface area contributed by atoms with Gasteiger partial charge in [0.25, 0.3) is 5.91 Å². The van der Waals surface area contributed by atoms with Crippen LogP contribution in [0, 0.1) is 11.6 Å². The molecule has 2 heterocycles. The first kappa shape index (κ1) is 21.6. The highest BCUT2D eigenvalue weighted by Gasteiger charge is 2.41. The minimum atomic E-state index is -3.22. The molecule has 0 saturated carbocycles. The minimum Gasteiger partial charge on any atom is -0.351 e. The maximum atomic E-state index is 13.6. The average molecular weight is 429 g/mol. The van der Waals surface area contributed by atoms with Gasteiger partial charge in [-0.15, -0.1) is 0 Å². The van der Waals surface area contributed by atoms with Crippen molar-refractivity contribution in [3.05, 3.63) is 35.4 Å². The van der Waals surface area contributed by atoms with Gasteiger partial charge < -0.3 is 10.6 Å². The van der Waals surface area contributed by atoms with Gasteiger partial charge >= 0.3 is 0 Å². The Hall–Kier alpha value is -2.07. The summed E-state index contributed by atoms with van der Waals surface area (Å²) in [5.74, 6) is -2.94. The summed E-state index contributed by atoms with van der Waals surface area (Å²) >= 11 is 0. The molecule has 7 nitrogen and oxygen atoms in total. The van der Waals surface area contributed by atoms with Crippen LogP contribution < -0.4 is 10.6 Å². The van der Waals surface area contributed by atoms with E-state index < -0.39 is 33.4 Å². The predicted octanol–water partition coefficient (Wildman–Crippen LogP) is 0.852. The number of rotatable bonds is 6. The topological polar surface area (TPSA) is 95.6 Å². The molecule has 0 spiro atoms. The van der Waals surface area contributed by atoms with Gasteiger partial charge in [0.1, 0.15) is 11.6 Å². The van der Waals surface area contributed by atoms with Gasteiger partial charge in [-0.3, -0.25) is 14.5 Å². The first-order chi connectivity index (χ1) is 13.7. The lowest BCUT2D eigenvalue weighted by Crippen LogP contribution is -2.52. The molecule has 2 aliphatic rings. The lowest BCUT2D eigenvalue weighted by molar-refractivity contribution is -0.121. The van der Waals surface area contributed by atoms with Crippen molar-refractivity contribution in [3.63, 3.8) is 0 Å². The Morgan fingerprint density at radius 1 is 1.10 bits per heavy atom. The van der Waals surface area contributed by atoms with E-state index in [0.717, 1.165) is 44.5 Å². The maximum absolute atomic E-state index is 13.6. The highest BCUT2D eigenvalue weighted by atomic mass is 32.2. The number of carbonyl (C=O) groups is 2. The predicted molar refractivity (Wildman–Crippen MR) is 103 cm³/mol. The molecule has 2 atom stereocenters. The van der Waals surface area contributed by atoms with Gasteiger partial charge in [0.15, 0.2) is 9.84 Å². The zero-order chi connectivity index (χ0) is 21.0. The summed E-state index contributed by atoms with van der Waals surface area (Å²) in [5, 5.41) is 5.19. The Bertz CT molecular complexity index is 872. The van der Waals surface area contributed by atoms with Crippen LogP contribution in [-0.4, -0.2) is 68.4 Å². The highest BCUT2D eigenvalue weighted by molar-refractivity contribution is 7.91. The summed E-state index contributed by atoms with van der Waals surface area (Å²) in [4.78, 5) is 26.4. The number of nitrogens with zero attached hydrogens (tertiary/aromatic N) is 1. The SMILES string of the molecule is O=C(CCNC(=O)c1ccc(F)cc1F)NC1CS(=O)(=O)CC1N1CCCCC1. The van der Waals surface area contributed by atoms with E-state index in [1.807, 2.05) is 0 Å². The number of hydrogen-bond donors (Lipinski definition) is 2. The molecular weight excluding hydrogens is 404 g/mol. The van der Waals surface area contributed by atoms with E-state index in [1.165, 1.54) is 0 Å². The standard InChI is InChI=1S/C19H25F2N3O4S/c20-13-4-5-14(15(21)10-13)19(26)22-7-6-18(25)23-16-11-29(27,28)12-17(16)24-8-2-1-3-9-24/h4-5,10,16-17H,1-3,6-9,11-12H2,(H,22,26)(H,23,25). The molecular formula is C19H25F2N3O4S. The van der Waals surface area contributed by atoms with Crippen molar-refractivity contribution in [3.8, 4) is 0 Å². The van der Waals surface area contributed by atoms with Crippen molar-refractivity contribution in [1.29, 1.82) is 0 Å². The second-order valence-corrected chi connectivity index (χ2v) is 9.70. The molecule has 10 heteroatoms. The van der Waals surface area contributed by atoms with Gasteiger partial charge in [0.05, 0.1) is 23.1 Å². The Balaban J connectivity index is 1.50. The summed E-state index contributed by atoms with van der Waals surface area (Å²) in [6, 6.07) is 1.92. The van der Waals surface area contributed by atoms with Crippen LogP contribution in [0.5, 0.6) is 0 Å². The molecule has 160 valence electrons. The second kappa shape index (κ2) is 9.17. The molecule has 2 N–H and O–H groups in total. The number of benzene rings is 1. The third kappa shape index (κ3) is 5.72. The fourth-order valence-electron chi connectivity index (χ4n) is 3.91. The average Bonchev–Trinajstić information content (AvgIpc) is 2.96. The molecule has 0 aliphatic carbocycles. The van der Waals surface area contributed by atoms with E-state index in [-0.39, 0.29) is 42.0 Å². The summed E-state index contributed by atoms with van der Waals surface area (Å²) in [6.07, 6.45) is 3.09. The fourth-order valence-corrected chi connectivity index (χ4v) is 5.87. The van der Waals surface area contributed by atoms with E-state index >= 15 is 0 Å². The lowest BCUT2D eigenvalue weighted by Gasteiger charge is -2.35. The molecule has 0 radical (unpaired) electrons. The van der Waals surface area contributed by atoms with E-state index in [0.29, 0.717) is 6.07 Å². The number of likely N-dealkylation sites (tertiary alicyclic amines) is 1. The van der Waals surface area contributed by atoms with Gasteiger partial charge in [0.2, 0.25) is 5.91 Å². The number of piperidine rings is 1. The second-order valence-electron chi connectivity index (χ2n) is 7.54. The molecule has 2 amide bonds. The smallest absolute Gasteiger partial charge is 0.254 e. The van der Waals surface area contributed by atoms with Crippen LogP contribution in [0.3, 0.4) is 0 Å². The zero-order valence-corrected chi connectivity index (χ0v) is 16.8. The third-order valence-electron chi connectivity index (χ3n) is 5.34. The van der Waals surface area contributed by atoms with E-state index in [1.54, 1.807) is 0 Å². The van der Waals surface area contributed by atoms with Crippen LogP contribution in [0.2, 0.25) is 0 Å². The fraction of sp³-hybridized carbons (Fsp3) is 0.579. The first-order valence-electron chi connectivity index (χ1n) is 9.72. The summed E-state index contributed by atoms with van der Waals surface area (Å²) < 4.78 is 50.7. The van der Waals surface area contributed by atoms with Crippen molar-refractivity contribution in [1.82, 2.24) is 15.5 Å². The van der Waals surface area contributed by atoms with Gasteiger partial charge in [0, 0.05) is 25.1 Å². The van der Waals surface area contributed by atoms with Crippen molar-refractivity contribution < 1.29 is 26.8 Å². The number of amides is 2. The number of carbonyl (C=O) groups excluding carboxylic acids is 2. The van der Waals surface area contributed by atoms with Crippen molar-refractivity contribution >= 4 is 21.7 Å². The van der Waals surface area contributed by atoms with Crippen LogP contribution >= 0.6 is 0 Å². The highest BCUT2D eigenvalue weighted by Crippen LogP contribution is 2.22. The maximum Gasteiger partial charge on any atom is 0.254 e. The number of halogens is 2. The summed E-state index contributed by atoms with van der Waals surface area (Å²) in [7, 11) is -3.22. The van der Waals surface area contributed by atoms with Crippen LogP contribution in [0.25, 0.3) is 0 Å². The number of sulfone groups is 1. The monoisotopic (exact) mass is 429 g/mol. The Labute approximate surface area is 168 Å². The summed E-state index contributed by atoms with van der Waals surface area (Å²) in [5.41, 5.74) is -0.307. The van der Waals surface area contributed by atoms with E-state index in [4.69, 9.17) is 0 Å². The quantitative estimate of drug-likeness (QED) is 0.699. The van der Waals surface area contributed by atoms with Crippen LogP contribution in [0.4, 0.5) is 8.78 Å². The molecule has 29 heavy (non-hydrogen) atoms. The minimum absolute atomic E-state index is 0.0402. The largest absolute Gasteiger partial charge is 0.351 e. The van der Waals surface area contributed by atoms with Crippen molar-refractivity contribution in [2.45, 2.75) is 37.8 Å². The molecule has 0 aromatic heterocycles. The first-order valence-corrected chi connectivity index (χ1v) is 11.5. The van der Waals surface area contributed by atoms with Crippen molar-refractivity contribution in [2.75, 3.05) is 31.1 Å². The summed E-state index contributed by atoms with van der Waals surface area (Å²) in [6.45, 7) is 1.60. The molecule has 3 rings (SSSR count). The lowest BCUT2D eigenvalue weighted by atomic mass is 10.0. The molecule has 1 aromatic rings. The van der Waals surface area contributed by atoms with Gasteiger partial charge in [-0.25, -0.2) is 17.2 Å². The van der Waals surface area contributed by atoms with E-state index in [9.17, 15) is 26.8 Å². The van der Waals surface area contributed by atoms with Crippen LogP contribution in [0.1, 0.15) is 36.0 Å². The van der Waals surface area contributed by atoms with Crippen molar-refractivity contribution in [2.24, 2.45) is 0 Å². The Morgan fingerprint density at radius 2 is 1.83 bits per heavy atom. The molecule has 0 bridgehead atoms. The Morgan fingerprint density at radius 3 is 2.52 bits per heavy atom. The molecule has 2 fully saturated rings.